The number of hydrogen-bond acceptors (Lipinski definition) is 3. The lowest BCUT2D eigenvalue weighted by Gasteiger charge is -2.43. The Hall–Kier alpha value is -2.17. The first kappa shape index (κ1) is 19.6. The van der Waals surface area contributed by atoms with E-state index < -0.39 is 6.10 Å². The van der Waals surface area contributed by atoms with Crippen molar-refractivity contribution in [3.63, 3.8) is 0 Å². The maximum absolute atomic E-state index is 11.8. The summed E-state index contributed by atoms with van der Waals surface area (Å²) in [7, 11) is 0. The average Bonchev–Trinajstić information content (AvgIpc) is 2.66. The van der Waals surface area contributed by atoms with Gasteiger partial charge in [0.25, 0.3) is 0 Å². The quantitative estimate of drug-likeness (QED) is 0.852. The third-order valence-corrected chi connectivity index (χ3v) is 5.80. The fourth-order valence-corrected chi connectivity index (χ4v) is 4.02. The van der Waals surface area contributed by atoms with E-state index in [-0.39, 0.29) is 11.4 Å². The highest BCUT2D eigenvalue weighted by molar-refractivity contribution is 5.74. The number of nitrogens with one attached hydrogen (secondary N) is 1. The van der Waals surface area contributed by atoms with Gasteiger partial charge in [0.15, 0.2) is 0 Å². The number of aliphatic hydroxyl groups is 1. The highest BCUT2D eigenvalue weighted by Crippen LogP contribution is 2.33. The molecular formula is C23H30N2O2. The fraction of sp³-hybridized carbons (Fsp3) is 0.435. The van der Waals surface area contributed by atoms with E-state index in [0.717, 1.165) is 37.1 Å². The molecule has 0 spiro atoms. The third-order valence-electron chi connectivity index (χ3n) is 5.80. The summed E-state index contributed by atoms with van der Waals surface area (Å²) in [5.74, 6) is 0.00229. The Bertz CT molecular complexity index is 780. The first-order chi connectivity index (χ1) is 12.9. The number of benzene rings is 2. The Morgan fingerprint density at radius 1 is 1.11 bits per heavy atom. The molecular weight excluding hydrogens is 336 g/mol. The number of carbonyl (C=O) groups is 1. The summed E-state index contributed by atoms with van der Waals surface area (Å²) < 4.78 is 0. The molecule has 1 heterocycles. The second-order valence-electron chi connectivity index (χ2n) is 7.79. The van der Waals surface area contributed by atoms with E-state index in [0.29, 0.717) is 6.54 Å². The van der Waals surface area contributed by atoms with Crippen molar-refractivity contribution in [1.82, 2.24) is 10.2 Å². The summed E-state index contributed by atoms with van der Waals surface area (Å²) in [4.78, 5) is 14.1. The summed E-state index contributed by atoms with van der Waals surface area (Å²) in [6.45, 7) is 8.05. The van der Waals surface area contributed by atoms with Crippen molar-refractivity contribution in [3.05, 3.63) is 70.8 Å². The molecule has 1 aliphatic rings. The van der Waals surface area contributed by atoms with Crippen molar-refractivity contribution in [2.45, 2.75) is 45.3 Å². The lowest BCUT2D eigenvalue weighted by molar-refractivity contribution is -0.121. The number of carbonyl (C=O) groups excluding carboxylic acids is 1. The van der Waals surface area contributed by atoms with Crippen molar-refractivity contribution in [1.29, 1.82) is 0 Å². The fourth-order valence-electron chi connectivity index (χ4n) is 4.02. The van der Waals surface area contributed by atoms with Gasteiger partial charge in [-0.05, 0) is 48.9 Å². The summed E-state index contributed by atoms with van der Waals surface area (Å²) in [6.07, 6.45) is 1.20. The minimum absolute atomic E-state index is 0.00229. The van der Waals surface area contributed by atoms with Crippen LogP contribution < -0.4 is 5.32 Å². The molecule has 0 radical (unpaired) electrons. The largest absolute Gasteiger partial charge is 0.387 e. The smallest absolute Gasteiger partial charge is 0.217 e. The van der Waals surface area contributed by atoms with E-state index in [1.807, 2.05) is 24.3 Å². The van der Waals surface area contributed by atoms with E-state index in [2.05, 4.69) is 48.3 Å². The molecule has 0 bridgehead atoms. The summed E-state index contributed by atoms with van der Waals surface area (Å²) >= 11 is 0. The number of amides is 1. The SMILES string of the molecule is CC(=O)NC1(c2ccccc2)CCN(C[C@@H](O)c2ccc(C)c(C)c2)CC1. The van der Waals surface area contributed by atoms with E-state index >= 15 is 0 Å². The first-order valence-corrected chi connectivity index (χ1v) is 9.71. The molecule has 0 saturated carbocycles. The van der Waals surface area contributed by atoms with Crippen LogP contribution in [0.15, 0.2) is 48.5 Å². The Labute approximate surface area is 162 Å². The maximum Gasteiger partial charge on any atom is 0.217 e. The molecule has 4 nitrogen and oxygen atoms in total. The Morgan fingerprint density at radius 2 is 1.78 bits per heavy atom. The molecule has 1 atom stereocenters. The lowest BCUT2D eigenvalue weighted by Crippen LogP contribution is -2.53. The van der Waals surface area contributed by atoms with Gasteiger partial charge in [0.2, 0.25) is 5.91 Å². The van der Waals surface area contributed by atoms with Gasteiger partial charge in [0.05, 0.1) is 11.6 Å². The predicted octanol–water partition coefficient (Wildman–Crippen LogP) is 3.46. The zero-order chi connectivity index (χ0) is 19.4. The molecule has 144 valence electrons. The molecule has 1 aliphatic heterocycles. The van der Waals surface area contributed by atoms with Crippen LogP contribution in [0, 0.1) is 13.8 Å². The summed E-state index contributed by atoms with van der Waals surface area (Å²) in [5.41, 5.74) is 4.27. The zero-order valence-electron chi connectivity index (χ0n) is 16.5. The van der Waals surface area contributed by atoms with Gasteiger partial charge in [-0.15, -0.1) is 0 Å². The van der Waals surface area contributed by atoms with Gasteiger partial charge in [0, 0.05) is 26.6 Å². The van der Waals surface area contributed by atoms with Crippen molar-refractivity contribution >= 4 is 5.91 Å². The van der Waals surface area contributed by atoms with Crippen LogP contribution in [0.2, 0.25) is 0 Å². The number of β-amino-alcohol motifs (C(OH)–C–C–N with tert-alkyl or cyclic N) is 1. The van der Waals surface area contributed by atoms with E-state index in [9.17, 15) is 9.90 Å². The highest BCUT2D eigenvalue weighted by Gasteiger charge is 2.37. The van der Waals surface area contributed by atoms with Crippen LogP contribution in [0.1, 0.15) is 48.1 Å². The van der Waals surface area contributed by atoms with E-state index in [1.54, 1.807) is 6.92 Å². The normalized spacial score (nSPS) is 18.1. The van der Waals surface area contributed by atoms with Crippen molar-refractivity contribution in [2.75, 3.05) is 19.6 Å². The predicted molar refractivity (Wildman–Crippen MR) is 108 cm³/mol. The van der Waals surface area contributed by atoms with Crippen LogP contribution >= 0.6 is 0 Å². The third kappa shape index (κ3) is 4.57. The topological polar surface area (TPSA) is 52.6 Å². The van der Waals surface area contributed by atoms with Gasteiger partial charge < -0.3 is 15.3 Å². The molecule has 0 unspecified atom stereocenters. The van der Waals surface area contributed by atoms with Gasteiger partial charge in [-0.3, -0.25) is 4.79 Å². The molecule has 2 N–H and O–H groups in total. The van der Waals surface area contributed by atoms with E-state index in [1.165, 1.54) is 11.1 Å². The zero-order valence-corrected chi connectivity index (χ0v) is 16.5. The molecule has 1 saturated heterocycles. The number of nitrogens with zero attached hydrogens (tertiary/aromatic N) is 1. The van der Waals surface area contributed by atoms with Gasteiger partial charge in [-0.25, -0.2) is 0 Å². The molecule has 27 heavy (non-hydrogen) atoms. The van der Waals surface area contributed by atoms with Crippen LogP contribution in [-0.4, -0.2) is 35.5 Å². The van der Waals surface area contributed by atoms with Crippen molar-refractivity contribution < 1.29 is 9.90 Å². The van der Waals surface area contributed by atoms with Gasteiger partial charge in [-0.2, -0.15) is 0 Å². The number of aryl methyl sites for hydroxylation is 2. The molecule has 2 aromatic carbocycles. The monoisotopic (exact) mass is 366 g/mol. The number of likely N-dealkylation sites (tertiary alicyclic amines) is 1. The molecule has 0 aliphatic carbocycles. The maximum atomic E-state index is 11.8. The molecule has 1 amide bonds. The van der Waals surface area contributed by atoms with Gasteiger partial charge in [0.1, 0.15) is 0 Å². The van der Waals surface area contributed by atoms with E-state index in [4.69, 9.17) is 0 Å². The highest BCUT2D eigenvalue weighted by atomic mass is 16.3. The molecule has 2 aromatic rings. The van der Waals surface area contributed by atoms with Gasteiger partial charge >= 0.3 is 0 Å². The molecule has 1 fully saturated rings. The van der Waals surface area contributed by atoms with Gasteiger partial charge in [-0.1, -0.05) is 48.5 Å². The van der Waals surface area contributed by atoms with Crippen LogP contribution in [0.5, 0.6) is 0 Å². The van der Waals surface area contributed by atoms with Crippen molar-refractivity contribution in [3.8, 4) is 0 Å². The average molecular weight is 367 g/mol. The summed E-state index contributed by atoms with van der Waals surface area (Å²) in [6, 6.07) is 16.4. The second kappa shape index (κ2) is 8.24. The summed E-state index contributed by atoms with van der Waals surface area (Å²) in [5, 5.41) is 13.9. The molecule has 3 rings (SSSR count). The van der Waals surface area contributed by atoms with Crippen molar-refractivity contribution in [2.24, 2.45) is 0 Å². The molecule has 4 heteroatoms. The Morgan fingerprint density at radius 3 is 2.37 bits per heavy atom. The first-order valence-electron chi connectivity index (χ1n) is 9.71. The number of hydrogen-bond donors (Lipinski definition) is 2. The Balaban J connectivity index is 1.67. The minimum atomic E-state index is -0.491. The number of rotatable bonds is 5. The van der Waals surface area contributed by atoms with Crippen LogP contribution in [0.4, 0.5) is 0 Å². The number of aliphatic hydroxyl groups excluding tert-OH is 1. The van der Waals surface area contributed by atoms with Crippen LogP contribution in [0.3, 0.4) is 0 Å². The van der Waals surface area contributed by atoms with Crippen LogP contribution in [0.25, 0.3) is 0 Å². The molecule has 0 aromatic heterocycles. The van der Waals surface area contributed by atoms with Crippen LogP contribution in [-0.2, 0) is 10.3 Å². The lowest BCUT2D eigenvalue weighted by atomic mass is 9.80. The second-order valence-corrected chi connectivity index (χ2v) is 7.79. The Kier molecular flexibility index (Phi) is 5.98. The minimum Gasteiger partial charge on any atom is -0.387 e. The number of piperidine rings is 1. The standard InChI is InChI=1S/C23H30N2O2/c1-17-9-10-20(15-18(17)2)22(27)16-25-13-11-23(12-14-25,24-19(3)26)21-7-5-4-6-8-21/h4-10,15,22,27H,11-14,16H2,1-3H3,(H,24,26)/t22-/m1/s1.